The van der Waals surface area contributed by atoms with Crippen molar-refractivity contribution in [1.82, 2.24) is 0 Å². The van der Waals surface area contributed by atoms with Gasteiger partial charge in [0.05, 0.1) is 20.1 Å². The molecule has 5 heteroatoms. The number of benzene rings is 2. The van der Waals surface area contributed by atoms with Crippen molar-refractivity contribution in [2.75, 3.05) is 32.8 Å². The molecule has 0 atom stereocenters. The van der Waals surface area contributed by atoms with Gasteiger partial charge in [0.1, 0.15) is 6.61 Å². The van der Waals surface area contributed by atoms with Crippen LogP contribution in [0.3, 0.4) is 0 Å². The van der Waals surface area contributed by atoms with Gasteiger partial charge in [0.2, 0.25) is 5.91 Å². The summed E-state index contributed by atoms with van der Waals surface area (Å²) in [5.74, 6) is 1.13. The number of methoxy groups -OCH3 is 2. The van der Waals surface area contributed by atoms with Crippen LogP contribution in [0.2, 0.25) is 0 Å². The van der Waals surface area contributed by atoms with Crippen molar-refractivity contribution in [3.05, 3.63) is 53.6 Å². The van der Waals surface area contributed by atoms with E-state index in [1.165, 1.54) is 18.4 Å². The molecular weight excluding hydrogens is 342 g/mol. The summed E-state index contributed by atoms with van der Waals surface area (Å²) in [6, 6.07) is 13.6. The molecular formula is C22H29NO4. The largest absolute Gasteiger partial charge is 0.493 e. The van der Waals surface area contributed by atoms with Crippen LogP contribution in [0.15, 0.2) is 42.5 Å². The van der Waals surface area contributed by atoms with Gasteiger partial charge in [-0.1, -0.05) is 37.6 Å². The normalized spacial score (nSPS) is 10.5. The van der Waals surface area contributed by atoms with Crippen LogP contribution in [-0.4, -0.2) is 33.3 Å². The molecule has 0 aromatic heterocycles. The lowest BCUT2D eigenvalue weighted by atomic mass is 10.0. The van der Waals surface area contributed by atoms with Crippen molar-refractivity contribution >= 4 is 11.6 Å². The third-order valence-corrected chi connectivity index (χ3v) is 4.20. The number of carbonyl (C=O) groups is 1. The Morgan fingerprint density at radius 3 is 2.37 bits per heavy atom. The lowest BCUT2D eigenvalue weighted by Crippen LogP contribution is -2.14. The fraction of sp³-hybridized carbons (Fsp3) is 0.409. The molecule has 2 rings (SSSR count). The van der Waals surface area contributed by atoms with Crippen LogP contribution in [0.4, 0.5) is 5.69 Å². The van der Waals surface area contributed by atoms with Gasteiger partial charge in [0, 0.05) is 18.9 Å². The van der Waals surface area contributed by atoms with Crippen molar-refractivity contribution in [2.24, 2.45) is 0 Å². The van der Waals surface area contributed by atoms with E-state index in [2.05, 4.69) is 24.4 Å². The molecule has 0 aliphatic rings. The Kier molecular flexibility index (Phi) is 8.65. The zero-order valence-corrected chi connectivity index (χ0v) is 16.4. The maximum absolute atomic E-state index is 12.4. The predicted molar refractivity (Wildman–Crippen MR) is 108 cm³/mol. The maximum atomic E-state index is 12.4. The van der Waals surface area contributed by atoms with E-state index >= 15 is 0 Å². The molecule has 0 heterocycles. The monoisotopic (exact) mass is 371 g/mol. The first-order valence-electron chi connectivity index (χ1n) is 9.33. The smallest absolute Gasteiger partial charge is 0.228 e. The number of aryl methyl sites for hydroxylation is 1. The van der Waals surface area contributed by atoms with Gasteiger partial charge < -0.3 is 19.5 Å². The minimum atomic E-state index is -0.0654. The highest BCUT2D eigenvalue weighted by atomic mass is 16.5. The molecule has 2 aromatic carbocycles. The van der Waals surface area contributed by atoms with E-state index in [0.29, 0.717) is 36.8 Å². The lowest BCUT2D eigenvalue weighted by Gasteiger charge is -2.13. The molecule has 0 radical (unpaired) electrons. The molecule has 0 spiro atoms. The highest BCUT2D eigenvalue weighted by molar-refractivity contribution is 5.92. The van der Waals surface area contributed by atoms with Gasteiger partial charge in [0.15, 0.2) is 11.5 Å². The van der Waals surface area contributed by atoms with Gasteiger partial charge in [-0.25, -0.2) is 0 Å². The highest BCUT2D eigenvalue weighted by Gasteiger charge is 2.09. The van der Waals surface area contributed by atoms with Gasteiger partial charge in [0.25, 0.3) is 0 Å². The molecule has 2 aromatic rings. The zero-order valence-electron chi connectivity index (χ0n) is 16.4. The number of anilines is 1. The standard InChI is InChI=1S/C22H29NO4/c1-4-5-6-17-7-9-18(10-8-17)15-22(24)23-19-11-12-20(26-3)21(16-19)27-14-13-25-2/h7-12,16H,4-6,13-15H2,1-3H3,(H,23,24). The summed E-state index contributed by atoms with van der Waals surface area (Å²) in [5.41, 5.74) is 2.99. The van der Waals surface area contributed by atoms with Crippen molar-refractivity contribution in [2.45, 2.75) is 32.6 Å². The first-order valence-corrected chi connectivity index (χ1v) is 9.33. The molecule has 0 saturated heterocycles. The number of hydrogen-bond donors (Lipinski definition) is 1. The van der Waals surface area contributed by atoms with Gasteiger partial charge in [-0.15, -0.1) is 0 Å². The van der Waals surface area contributed by atoms with Crippen molar-refractivity contribution in [1.29, 1.82) is 0 Å². The molecule has 0 fully saturated rings. The minimum Gasteiger partial charge on any atom is -0.493 e. The van der Waals surface area contributed by atoms with E-state index < -0.39 is 0 Å². The molecule has 0 saturated carbocycles. The Labute approximate surface area is 161 Å². The van der Waals surface area contributed by atoms with Gasteiger partial charge >= 0.3 is 0 Å². The Bertz CT molecular complexity index is 713. The van der Waals surface area contributed by atoms with Crippen molar-refractivity contribution < 1.29 is 19.0 Å². The molecule has 0 bridgehead atoms. The van der Waals surface area contributed by atoms with Crippen LogP contribution in [0.25, 0.3) is 0 Å². The van der Waals surface area contributed by atoms with Crippen LogP contribution >= 0.6 is 0 Å². The second kappa shape index (κ2) is 11.2. The number of unbranched alkanes of at least 4 members (excludes halogenated alkanes) is 1. The third kappa shape index (κ3) is 6.94. The van der Waals surface area contributed by atoms with Crippen molar-refractivity contribution in [3.63, 3.8) is 0 Å². The van der Waals surface area contributed by atoms with E-state index in [9.17, 15) is 4.79 Å². The van der Waals surface area contributed by atoms with Crippen LogP contribution in [0.5, 0.6) is 11.5 Å². The summed E-state index contributed by atoms with van der Waals surface area (Å²) < 4.78 is 15.9. The van der Waals surface area contributed by atoms with Gasteiger partial charge in [-0.05, 0) is 36.1 Å². The quantitative estimate of drug-likeness (QED) is 0.600. The average molecular weight is 371 g/mol. The van der Waals surface area contributed by atoms with Crippen LogP contribution < -0.4 is 14.8 Å². The topological polar surface area (TPSA) is 56.8 Å². The van der Waals surface area contributed by atoms with E-state index in [0.717, 1.165) is 12.0 Å². The second-order valence-electron chi connectivity index (χ2n) is 6.35. The SMILES string of the molecule is CCCCc1ccc(CC(=O)Nc2ccc(OC)c(OCCOC)c2)cc1. The predicted octanol–water partition coefficient (Wildman–Crippen LogP) is 4.24. The van der Waals surface area contributed by atoms with Crippen LogP contribution in [-0.2, 0) is 22.4 Å². The summed E-state index contributed by atoms with van der Waals surface area (Å²) in [7, 11) is 3.20. The van der Waals surface area contributed by atoms with Crippen molar-refractivity contribution in [3.8, 4) is 11.5 Å². The maximum Gasteiger partial charge on any atom is 0.228 e. The molecule has 27 heavy (non-hydrogen) atoms. The van der Waals surface area contributed by atoms with E-state index in [1.807, 2.05) is 12.1 Å². The fourth-order valence-corrected chi connectivity index (χ4v) is 2.70. The molecule has 1 amide bonds. The molecule has 5 nitrogen and oxygen atoms in total. The number of hydrogen-bond acceptors (Lipinski definition) is 4. The number of ether oxygens (including phenoxy) is 3. The average Bonchev–Trinajstić information content (AvgIpc) is 2.68. The number of amides is 1. The fourth-order valence-electron chi connectivity index (χ4n) is 2.70. The molecule has 0 aliphatic carbocycles. The second-order valence-corrected chi connectivity index (χ2v) is 6.35. The number of rotatable bonds is 11. The Hall–Kier alpha value is -2.53. The number of carbonyl (C=O) groups excluding carboxylic acids is 1. The lowest BCUT2D eigenvalue weighted by molar-refractivity contribution is -0.115. The van der Waals surface area contributed by atoms with Gasteiger partial charge in [-0.3, -0.25) is 4.79 Å². The Morgan fingerprint density at radius 1 is 0.963 bits per heavy atom. The molecule has 1 N–H and O–H groups in total. The first kappa shape index (κ1) is 20.8. The van der Waals surface area contributed by atoms with E-state index in [4.69, 9.17) is 14.2 Å². The third-order valence-electron chi connectivity index (χ3n) is 4.20. The summed E-state index contributed by atoms with van der Waals surface area (Å²) in [5, 5.41) is 2.92. The van der Waals surface area contributed by atoms with Crippen LogP contribution in [0, 0.1) is 0 Å². The minimum absolute atomic E-state index is 0.0654. The Balaban J connectivity index is 1.95. The van der Waals surface area contributed by atoms with Crippen LogP contribution in [0.1, 0.15) is 30.9 Å². The summed E-state index contributed by atoms with van der Waals surface area (Å²) >= 11 is 0. The zero-order chi connectivity index (χ0) is 19.5. The van der Waals surface area contributed by atoms with E-state index in [1.54, 1.807) is 32.4 Å². The number of nitrogens with one attached hydrogen (secondary N) is 1. The van der Waals surface area contributed by atoms with Gasteiger partial charge in [-0.2, -0.15) is 0 Å². The highest BCUT2D eigenvalue weighted by Crippen LogP contribution is 2.30. The Morgan fingerprint density at radius 2 is 1.70 bits per heavy atom. The summed E-state index contributed by atoms with van der Waals surface area (Å²) in [4.78, 5) is 12.4. The summed E-state index contributed by atoms with van der Waals surface area (Å²) in [6.07, 6.45) is 3.79. The first-order chi connectivity index (χ1) is 13.2. The molecule has 0 unspecified atom stereocenters. The molecule has 0 aliphatic heterocycles. The summed E-state index contributed by atoms with van der Waals surface area (Å²) in [6.45, 7) is 3.08. The molecule has 146 valence electrons. The van der Waals surface area contributed by atoms with E-state index in [-0.39, 0.29) is 5.91 Å².